The minimum atomic E-state index is 0.481. The van der Waals surface area contributed by atoms with Crippen LogP contribution in [0, 0.1) is 5.92 Å². The molecule has 0 heterocycles. The van der Waals surface area contributed by atoms with Crippen molar-refractivity contribution in [1.82, 2.24) is 10.2 Å². The second-order valence-corrected chi connectivity index (χ2v) is 7.21. The van der Waals surface area contributed by atoms with Crippen molar-refractivity contribution >= 4 is 0 Å². The Morgan fingerprint density at radius 1 is 1.05 bits per heavy atom. The molecule has 2 fully saturated rings. The predicted molar refractivity (Wildman–Crippen MR) is 83.5 cm³/mol. The molecule has 2 nitrogen and oxygen atoms in total. The molecule has 0 saturated heterocycles. The van der Waals surface area contributed by atoms with Crippen molar-refractivity contribution in [3.8, 4) is 0 Å². The van der Waals surface area contributed by atoms with Crippen molar-refractivity contribution in [3.63, 3.8) is 0 Å². The van der Waals surface area contributed by atoms with Crippen LogP contribution < -0.4 is 5.32 Å². The van der Waals surface area contributed by atoms with E-state index in [-0.39, 0.29) is 0 Å². The molecule has 0 spiro atoms. The molecule has 112 valence electrons. The molecule has 0 aromatic heterocycles. The van der Waals surface area contributed by atoms with Crippen LogP contribution in [0.5, 0.6) is 0 Å². The summed E-state index contributed by atoms with van der Waals surface area (Å²) in [6.07, 6.45) is 14.2. The van der Waals surface area contributed by atoms with E-state index in [0.717, 1.165) is 12.0 Å². The Morgan fingerprint density at radius 3 is 2.42 bits per heavy atom. The molecule has 19 heavy (non-hydrogen) atoms. The molecule has 0 aromatic carbocycles. The van der Waals surface area contributed by atoms with Crippen molar-refractivity contribution < 1.29 is 0 Å². The molecule has 2 atom stereocenters. The van der Waals surface area contributed by atoms with Gasteiger partial charge < -0.3 is 10.2 Å². The van der Waals surface area contributed by atoms with Crippen molar-refractivity contribution in [1.29, 1.82) is 0 Å². The summed E-state index contributed by atoms with van der Waals surface area (Å²) in [5.74, 6) is 1.02. The Bertz CT molecular complexity index is 258. The quantitative estimate of drug-likeness (QED) is 0.736. The lowest BCUT2D eigenvalue weighted by Crippen LogP contribution is -2.57. The third-order valence-electron chi connectivity index (χ3n) is 5.74. The van der Waals surface area contributed by atoms with E-state index in [1.165, 1.54) is 70.8 Å². The molecule has 0 amide bonds. The minimum Gasteiger partial charge on any atom is -0.312 e. The molecule has 2 unspecified atom stereocenters. The van der Waals surface area contributed by atoms with E-state index in [0.29, 0.717) is 5.54 Å². The fourth-order valence-electron chi connectivity index (χ4n) is 3.98. The predicted octanol–water partition coefficient (Wildman–Crippen LogP) is 3.81. The Morgan fingerprint density at radius 2 is 1.84 bits per heavy atom. The number of hydrogen-bond donors (Lipinski definition) is 1. The second-order valence-electron chi connectivity index (χ2n) is 7.21. The number of likely N-dealkylation sites (N-methyl/N-ethyl adjacent to an activating group) is 1. The molecule has 0 aromatic rings. The highest BCUT2D eigenvalue weighted by molar-refractivity contribution is 4.98. The van der Waals surface area contributed by atoms with E-state index in [1.807, 2.05) is 0 Å². The Labute approximate surface area is 120 Å². The van der Waals surface area contributed by atoms with Crippen molar-refractivity contribution in [2.75, 3.05) is 20.6 Å². The molecule has 2 saturated carbocycles. The largest absolute Gasteiger partial charge is 0.312 e. The van der Waals surface area contributed by atoms with Gasteiger partial charge in [0.25, 0.3) is 0 Å². The summed E-state index contributed by atoms with van der Waals surface area (Å²) in [5.41, 5.74) is 0.481. The third kappa shape index (κ3) is 3.95. The number of nitrogens with zero attached hydrogens (tertiary/aromatic N) is 1. The van der Waals surface area contributed by atoms with Gasteiger partial charge in [0.2, 0.25) is 0 Å². The van der Waals surface area contributed by atoms with E-state index in [9.17, 15) is 0 Å². The number of hydrogen-bond acceptors (Lipinski definition) is 2. The van der Waals surface area contributed by atoms with E-state index < -0.39 is 0 Å². The molecule has 1 N–H and O–H groups in total. The molecule has 0 aliphatic heterocycles. The molecule has 2 heteroatoms. The highest BCUT2D eigenvalue weighted by Gasteiger charge is 2.39. The van der Waals surface area contributed by atoms with Crippen LogP contribution in [0.15, 0.2) is 0 Å². The maximum atomic E-state index is 3.91. The number of rotatable bonds is 6. The Kier molecular flexibility index (Phi) is 5.70. The minimum absolute atomic E-state index is 0.481. The lowest BCUT2D eigenvalue weighted by molar-refractivity contribution is 0.0564. The van der Waals surface area contributed by atoms with Gasteiger partial charge in [-0.3, -0.25) is 0 Å². The van der Waals surface area contributed by atoms with Crippen LogP contribution in [0.25, 0.3) is 0 Å². The van der Waals surface area contributed by atoms with Crippen molar-refractivity contribution in [3.05, 3.63) is 0 Å². The van der Waals surface area contributed by atoms with E-state index >= 15 is 0 Å². The van der Waals surface area contributed by atoms with Crippen LogP contribution in [-0.2, 0) is 0 Å². The third-order valence-corrected chi connectivity index (χ3v) is 5.74. The van der Waals surface area contributed by atoms with Crippen LogP contribution in [-0.4, -0.2) is 37.1 Å². The Hall–Kier alpha value is -0.0800. The first-order valence-electron chi connectivity index (χ1n) is 8.57. The monoisotopic (exact) mass is 266 g/mol. The zero-order chi connectivity index (χ0) is 13.7. The topological polar surface area (TPSA) is 15.3 Å². The normalized spacial score (nSPS) is 30.9. The van der Waals surface area contributed by atoms with Gasteiger partial charge in [-0.05, 0) is 58.5 Å². The standard InChI is InChI=1S/C17H34N2/c1-4-7-15-8-5-9-16(11-10-15)18-14-17(19(2)3)12-6-13-17/h15-16,18H,4-14H2,1-3H3. The van der Waals surface area contributed by atoms with Crippen LogP contribution in [0.3, 0.4) is 0 Å². The first-order chi connectivity index (χ1) is 9.16. The maximum absolute atomic E-state index is 3.91. The summed E-state index contributed by atoms with van der Waals surface area (Å²) in [6, 6.07) is 0.791. The van der Waals surface area contributed by atoms with Crippen molar-refractivity contribution in [2.45, 2.75) is 82.7 Å². The van der Waals surface area contributed by atoms with Gasteiger partial charge in [-0.25, -0.2) is 0 Å². The van der Waals surface area contributed by atoms with Crippen LogP contribution in [0.2, 0.25) is 0 Å². The maximum Gasteiger partial charge on any atom is 0.0328 e. The molecular formula is C17H34N2. The number of nitrogens with one attached hydrogen (secondary N) is 1. The van der Waals surface area contributed by atoms with E-state index in [4.69, 9.17) is 0 Å². The second kappa shape index (κ2) is 7.08. The zero-order valence-electron chi connectivity index (χ0n) is 13.4. The average molecular weight is 266 g/mol. The summed E-state index contributed by atoms with van der Waals surface area (Å²) in [7, 11) is 4.51. The van der Waals surface area contributed by atoms with E-state index in [1.54, 1.807) is 0 Å². The van der Waals surface area contributed by atoms with Gasteiger partial charge in [0.1, 0.15) is 0 Å². The van der Waals surface area contributed by atoms with Crippen molar-refractivity contribution in [2.24, 2.45) is 5.92 Å². The average Bonchev–Trinajstić information content (AvgIpc) is 2.54. The molecule has 2 aliphatic carbocycles. The Balaban J connectivity index is 1.74. The molecule has 2 rings (SSSR count). The van der Waals surface area contributed by atoms with Crippen LogP contribution in [0.4, 0.5) is 0 Å². The molecule has 2 aliphatic rings. The summed E-state index contributed by atoms with van der Waals surface area (Å²) in [5, 5.41) is 3.91. The van der Waals surface area contributed by atoms with Gasteiger partial charge in [0, 0.05) is 18.1 Å². The SMILES string of the molecule is CCCC1CCCC(NCC2(N(C)C)CCC2)CC1. The van der Waals surface area contributed by atoms with Crippen LogP contribution >= 0.6 is 0 Å². The summed E-state index contributed by atoms with van der Waals surface area (Å²) < 4.78 is 0. The zero-order valence-corrected chi connectivity index (χ0v) is 13.4. The molecule has 0 bridgehead atoms. The summed E-state index contributed by atoms with van der Waals surface area (Å²) in [4.78, 5) is 2.46. The summed E-state index contributed by atoms with van der Waals surface area (Å²) in [6.45, 7) is 3.54. The lowest BCUT2D eigenvalue weighted by Gasteiger charge is -2.48. The lowest BCUT2D eigenvalue weighted by atomic mass is 9.75. The van der Waals surface area contributed by atoms with Gasteiger partial charge >= 0.3 is 0 Å². The first-order valence-corrected chi connectivity index (χ1v) is 8.57. The van der Waals surface area contributed by atoms with Gasteiger partial charge in [0.05, 0.1) is 0 Å². The smallest absolute Gasteiger partial charge is 0.0328 e. The summed E-state index contributed by atoms with van der Waals surface area (Å²) >= 11 is 0. The van der Waals surface area contributed by atoms with Crippen LogP contribution in [0.1, 0.15) is 71.1 Å². The fraction of sp³-hybridized carbons (Fsp3) is 1.00. The van der Waals surface area contributed by atoms with Gasteiger partial charge in [0.15, 0.2) is 0 Å². The van der Waals surface area contributed by atoms with Gasteiger partial charge in [-0.2, -0.15) is 0 Å². The van der Waals surface area contributed by atoms with Gasteiger partial charge in [-0.1, -0.05) is 32.6 Å². The molecule has 0 radical (unpaired) electrons. The fourth-order valence-corrected chi connectivity index (χ4v) is 3.98. The van der Waals surface area contributed by atoms with Gasteiger partial charge in [-0.15, -0.1) is 0 Å². The molecular weight excluding hydrogens is 232 g/mol. The first kappa shape index (κ1) is 15.3. The highest BCUT2D eigenvalue weighted by atomic mass is 15.2. The highest BCUT2D eigenvalue weighted by Crippen LogP contribution is 2.36. The van der Waals surface area contributed by atoms with E-state index in [2.05, 4.69) is 31.2 Å².